The van der Waals surface area contributed by atoms with Gasteiger partial charge >= 0.3 is 0 Å². The predicted octanol–water partition coefficient (Wildman–Crippen LogP) is 14.1. The topological polar surface area (TPSA) is 21.3 Å². The van der Waals surface area contributed by atoms with Crippen LogP contribution in [-0.2, 0) is 0 Å². The van der Waals surface area contributed by atoms with Gasteiger partial charge in [-0.1, -0.05) is 121 Å². The second-order valence-electron chi connectivity index (χ2n) is 14.1. The summed E-state index contributed by atoms with van der Waals surface area (Å²) in [4.78, 5) is 2.44. The Balaban J connectivity index is 1.20. The molecule has 1 aliphatic carbocycles. The van der Waals surface area contributed by atoms with E-state index in [4.69, 9.17) is 4.42 Å². The lowest BCUT2D eigenvalue weighted by Crippen LogP contribution is -2.11. The van der Waals surface area contributed by atoms with Crippen LogP contribution in [0.5, 0.6) is 0 Å². The molecule has 0 fully saturated rings. The molecule has 9 aromatic carbocycles. The number of para-hydroxylation sites is 4. The summed E-state index contributed by atoms with van der Waals surface area (Å²) in [7, 11) is 0. The average Bonchev–Trinajstić information content (AvgIpc) is 3.88. The van der Waals surface area contributed by atoms with Crippen molar-refractivity contribution in [2.75, 3.05) is 4.90 Å². The lowest BCUT2D eigenvalue weighted by molar-refractivity contribution is 0.669. The lowest BCUT2D eigenvalue weighted by Gasteiger charge is -2.28. The minimum absolute atomic E-state index is 0.872. The number of benzene rings is 9. The molecule has 0 N–H and O–H groups in total. The van der Waals surface area contributed by atoms with Crippen molar-refractivity contribution < 1.29 is 4.42 Å². The van der Waals surface area contributed by atoms with E-state index < -0.39 is 0 Å². The predicted molar refractivity (Wildman–Crippen MR) is 222 cm³/mol. The van der Waals surface area contributed by atoms with Crippen LogP contribution in [0.25, 0.3) is 93.2 Å². The van der Waals surface area contributed by atoms with E-state index in [0.29, 0.717) is 0 Å². The third kappa shape index (κ3) is 3.94. The number of hydrogen-bond donors (Lipinski definition) is 0. The lowest BCUT2D eigenvalue weighted by atomic mass is 9.94. The van der Waals surface area contributed by atoms with Crippen LogP contribution in [0.3, 0.4) is 0 Å². The molecule has 53 heavy (non-hydrogen) atoms. The number of furan rings is 1. The molecule has 3 heteroatoms. The van der Waals surface area contributed by atoms with E-state index in [2.05, 4.69) is 185 Å². The van der Waals surface area contributed by atoms with Crippen LogP contribution < -0.4 is 4.90 Å². The van der Waals surface area contributed by atoms with Gasteiger partial charge in [0, 0.05) is 44.0 Å². The van der Waals surface area contributed by atoms with Gasteiger partial charge in [0.15, 0.2) is 5.58 Å². The first-order chi connectivity index (χ1) is 26.3. The molecule has 0 aliphatic heterocycles. The molecule has 0 atom stereocenters. The van der Waals surface area contributed by atoms with Crippen LogP contribution >= 0.6 is 0 Å². The smallest absolute Gasteiger partial charge is 0.159 e. The summed E-state index contributed by atoms with van der Waals surface area (Å²) in [5.41, 5.74) is 13.5. The summed E-state index contributed by atoms with van der Waals surface area (Å²) >= 11 is 0. The Hall–Kier alpha value is -7.10. The summed E-state index contributed by atoms with van der Waals surface area (Å²) in [5, 5.41) is 9.73. The summed E-state index contributed by atoms with van der Waals surface area (Å²) in [5.74, 6) is 0. The molecule has 0 amide bonds. The Morgan fingerprint density at radius 1 is 0.415 bits per heavy atom. The molecule has 0 saturated heterocycles. The molecule has 0 saturated carbocycles. The second-order valence-corrected chi connectivity index (χ2v) is 14.1. The van der Waals surface area contributed by atoms with Gasteiger partial charge in [-0.05, 0) is 93.3 Å². The van der Waals surface area contributed by atoms with Crippen LogP contribution in [0.4, 0.5) is 17.1 Å². The summed E-state index contributed by atoms with van der Waals surface area (Å²) < 4.78 is 9.17. The minimum atomic E-state index is 0.872. The summed E-state index contributed by atoms with van der Waals surface area (Å²) in [6.07, 6.45) is 0. The van der Waals surface area contributed by atoms with Gasteiger partial charge in [0.2, 0.25) is 0 Å². The largest absolute Gasteiger partial charge is 0.454 e. The van der Waals surface area contributed by atoms with E-state index in [0.717, 1.165) is 44.7 Å². The highest BCUT2D eigenvalue weighted by molar-refractivity contribution is 6.26. The quantitative estimate of drug-likeness (QED) is 0.173. The first-order valence-corrected chi connectivity index (χ1v) is 18.2. The van der Waals surface area contributed by atoms with Crippen molar-refractivity contribution in [2.45, 2.75) is 0 Å². The standard InChI is InChI=1S/C50H30N2O/c1-2-15-33(16-3-1)51-42-23-8-6-18-36(42)41-30-34(27-28-43(41)51)52(45-25-12-22-40-37-19-7-9-26-46(37)53-50(40)45)44-24-11-21-39-38-20-10-14-32-29-31-13-4-5-17-35(31)49(47(32)38)48(39)44/h1-30H. The normalized spacial score (nSPS) is 12.2. The summed E-state index contributed by atoms with van der Waals surface area (Å²) in [6.45, 7) is 0. The first-order valence-electron chi connectivity index (χ1n) is 18.2. The molecule has 11 aromatic rings. The first kappa shape index (κ1) is 28.6. The van der Waals surface area contributed by atoms with E-state index in [9.17, 15) is 0 Å². The zero-order valence-corrected chi connectivity index (χ0v) is 28.6. The third-order valence-corrected chi connectivity index (χ3v) is 11.3. The monoisotopic (exact) mass is 674 g/mol. The van der Waals surface area contributed by atoms with Gasteiger partial charge in [-0.3, -0.25) is 0 Å². The molecular weight excluding hydrogens is 645 g/mol. The summed E-state index contributed by atoms with van der Waals surface area (Å²) in [6, 6.07) is 66.0. The van der Waals surface area contributed by atoms with Crippen LogP contribution in [0.15, 0.2) is 186 Å². The second kappa shape index (κ2) is 10.7. The Morgan fingerprint density at radius 2 is 1.09 bits per heavy atom. The Morgan fingerprint density at radius 3 is 2.02 bits per heavy atom. The zero-order valence-electron chi connectivity index (χ0n) is 28.6. The molecule has 0 radical (unpaired) electrons. The Labute approximate surface area is 305 Å². The number of hydrogen-bond acceptors (Lipinski definition) is 2. The minimum Gasteiger partial charge on any atom is -0.454 e. The highest BCUT2D eigenvalue weighted by Gasteiger charge is 2.30. The fourth-order valence-corrected chi connectivity index (χ4v) is 9.09. The molecular formula is C50H30N2O. The van der Waals surface area contributed by atoms with Crippen LogP contribution in [0.2, 0.25) is 0 Å². The number of anilines is 3. The third-order valence-electron chi connectivity index (χ3n) is 11.3. The fraction of sp³-hybridized carbons (Fsp3) is 0. The number of nitrogens with zero attached hydrogens (tertiary/aromatic N) is 2. The maximum Gasteiger partial charge on any atom is 0.159 e. The van der Waals surface area contributed by atoms with Crippen LogP contribution in [0.1, 0.15) is 0 Å². The van der Waals surface area contributed by atoms with Gasteiger partial charge < -0.3 is 13.9 Å². The van der Waals surface area contributed by atoms with Crippen molar-refractivity contribution in [3.63, 3.8) is 0 Å². The molecule has 12 rings (SSSR count). The fourth-order valence-electron chi connectivity index (χ4n) is 9.09. The van der Waals surface area contributed by atoms with Gasteiger partial charge in [0.25, 0.3) is 0 Å². The van der Waals surface area contributed by atoms with E-state index in [-0.39, 0.29) is 0 Å². The molecule has 2 aromatic heterocycles. The van der Waals surface area contributed by atoms with E-state index >= 15 is 0 Å². The molecule has 0 bridgehead atoms. The van der Waals surface area contributed by atoms with Crippen LogP contribution in [0, 0.1) is 0 Å². The van der Waals surface area contributed by atoms with Crippen molar-refractivity contribution in [3.05, 3.63) is 182 Å². The average molecular weight is 675 g/mol. The van der Waals surface area contributed by atoms with Crippen molar-refractivity contribution in [3.8, 4) is 27.9 Å². The van der Waals surface area contributed by atoms with Crippen molar-refractivity contribution in [1.29, 1.82) is 0 Å². The number of rotatable bonds is 4. The zero-order chi connectivity index (χ0) is 34.6. The molecule has 3 nitrogen and oxygen atoms in total. The van der Waals surface area contributed by atoms with E-state index in [1.165, 1.54) is 65.6 Å². The maximum atomic E-state index is 6.79. The number of fused-ring (bicyclic) bond motifs is 11. The molecule has 0 unspecified atom stereocenters. The van der Waals surface area contributed by atoms with Gasteiger partial charge in [-0.2, -0.15) is 0 Å². The van der Waals surface area contributed by atoms with E-state index in [1.54, 1.807) is 0 Å². The van der Waals surface area contributed by atoms with Crippen molar-refractivity contribution in [1.82, 2.24) is 4.57 Å². The maximum absolute atomic E-state index is 6.79. The molecule has 0 spiro atoms. The highest BCUT2D eigenvalue weighted by atomic mass is 16.3. The Bertz CT molecular complexity index is 3290. The van der Waals surface area contributed by atoms with Gasteiger partial charge in [0.1, 0.15) is 5.58 Å². The molecule has 1 aliphatic rings. The van der Waals surface area contributed by atoms with Gasteiger partial charge in [-0.25, -0.2) is 0 Å². The molecule has 2 heterocycles. The van der Waals surface area contributed by atoms with Crippen molar-refractivity contribution in [2.24, 2.45) is 0 Å². The SMILES string of the molecule is c1ccc(-n2c3ccccc3c3cc(N(c4cccc5c4-c4c6ccccc6cc6cccc-5c46)c4cccc5c4oc4ccccc45)ccc32)cc1. The Kier molecular flexibility index (Phi) is 5.77. The van der Waals surface area contributed by atoms with Crippen molar-refractivity contribution >= 4 is 82.4 Å². The van der Waals surface area contributed by atoms with Crippen LogP contribution in [-0.4, -0.2) is 4.57 Å². The van der Waals surface area contributed by atoms with Gasteiger partial charge in [0.05, 0.1) is 22.4 Å². The highest BCUT2D eigenvalue weighted by Crippen LogP contribution is 2.56. The molecule has 246 valence electrons. The van der Waals surface area contributed by atoms with E-state index in [1.807, 2.05) is 6.07 Å². The number of aromatic nitrogens is 1. The van der Waals surface area contributed by atoms with Gasteiger partial charge in [-0.15, -0.1) is 0 Å².